The van der Waals surface area contributed by atoms with Crippen molar-refractivity contribution < 1.29 is 56.9 Å². The number of benzene rings is 1. The highest BCUT2D eigenvalue weighted by Crippen LogP contribution is 2.67. The topological polar surface area (TPSA) is 54.4 Å². The van der Waals surface area contributed by atoms with E-state index in [0.29, 0.717) is 12.1 Å². The first kappa shape index (κ1) is 21.5. The van der Waals surface area contributed by atoms with Crippen LogP contribution >= 0.6 is 0 Å². The predicted molar refractivity (Wildman–Crippen MR) is 69.6 cm³/mol. The second kappa shape index (κ2) is 5.59. The molecule has 1 aromatic carbocycles. The van der Waals surface area contributed by atoms with Crippen LogP contribution in [0, 0.1) is 0 Å². The second-order valence-electron chi connectivity index (χ2n) is 5.42. The number of halogens is 10. The van der Waals surface area contributed by atoms with E-state index >= 15 is 0 Å². The number of alkyl halides is 10. The molecule has 1 aliphatic rings. The molecule has 14 heteroatoms. The van der Waals surface area contributed by atoms with Crippen LogP contribution in [0.5, 0.6) is 0 Å². The Bertz CT molecular complexity index is 889. The molecule has 0 aliphatic heterocycles. The van der Waals surface area contributed by atoms with Crippen molar-refractivity contribution in [1.29, 1.82) is 0 Å². The van der Waals surface area contributed by atoms with Crippen LogP contribution in [-0.4, -0.2) is 42.6 Å². The van der Waals surface area contributed by atoms with E-state index < -0.39 is 55.8 Å². The summed E-state index contributed by atoms with van der Waals surface area (Å²) in [7, 11) is -6.71. The zero-order valence-corrected chi connectivity index (χ0v) is 13.2. The van der Waals surface area contributed by atoms with Crippen molar-refractivity contribution in [3.8, 4) is 0 Å². The number of allylic oxidation sites excluding steroid dienone is 2. The van der Waals surface area contributed by atoms with Gasteiger partial charge in [-0.05, 0) is 5.56 Å². The van der Waals surface area contributed by atoms with E-state index in [1.165, 1.54) is 0 Å². The lowest BCUT2D eigenvalue weighted by Gasteiger charge is -2.47. The fraction of sp³-hybridized carbons (Fsp3) is 0.385. The first-order valence-electron chi connectivity index (χ1n) is 6.52. The van der Waals surface area contributed by atoms with Crippen molar-refractivity contribution in [2.24, 2.45) is 0 Å². The summed E-state index contributed by atoms with van der Waals surface area (Å²) in [5.74, 6) is -20.3. The SMILES string of the molecule is O=S(=O)(O)C1=C(c2ccccc2)C(F)(F)C(F)(F)C(F)(C(F)(F)F)C1(F)F. The summed E-state index contributed by atoms with van der Waals surface area (Å²) in [6.07, 6.45) is -7.35. The van der Waals surface area contributed by atoms with Crippen molar-refractivity contribution in [3.63, 3.8) is 0 Å². The molecule has 0 aromatic heterocycles. The third-order valence-electron chi connectivity index (χ3n) is 3.80. The van der Waals surface area contributed by atoms with Crippen molar-refractivity contribution in [1.82, 2.24) is 0 Å². The van der Waals surface area contributed by atoms with Gasteiger partial charge in [0.2, 0.25) is 0 Å². The lowest BCUT2D eigenvalue weighted by Crippen LogP contribution is -2.75. The zero-order chi connectivity index (χ0) is 21.3. The molecule has 1 aromatic rings. The van der Waals surface area contributed by atoms with E-state index in [4.69, 9.17) is 4.55 Å². The maximum atomic E-state index is 14.2. The molecule has 0 saturated heterocycles. The molecule has 2 rings (SSSR count). The van der Waals surface area contributed by atoms with E-state index in [0.717, 1.165) is 18.2 Å². The molecule has 0 fully saturated rings. The summed E-state index contributed by atoms with van der Waals surface area (Å²) in [5, 5.41) is 0. The Morgan fingerprint density at radius 2 is 1.26 bits per heavy atom. The summed E-state index contributed by atoms with van der Waals surface area (Å²) in [5.41, 5.74) is -11.6. The largest absolute Gasteiger partial charge is 0.435 e. The van der Waals surface area contributed by atoms with E-state index in [-0.39, 0.29) is 0 Å². The Morgan fingerprint density at radius 3 is 1.63 bits per heavy atom. The first-order valence-corrected chi connectivity index (χ1v) is 7.96. The normalized spacial score (nSPS) is 27.5. The van der Waals surface area contributed by atoms with Gasteiger partial charge in [-0.15, -0.1) is 0 Å². The molecular formula is C13H6F10O3S. The van der Waals surface area contributed by atoms with Crippen molar-refractivity contribution >= 4 is 15.7 Å². The minimum Gasteiger partial charge on any atom is -0.282 e. The first-order chi connectivity index (χ1) is 11.8. The van der Waals surface area contributed by atoms with Crippen LogP contribution in [0.25, 0.3) is 5.57 Å². The van der Waals surface area contributed by atoms with Gasteiger partial charge in [0.25, 0.3) is 10.1 Å². The fourth-order valence-corrected chi connectivity index (χ4v) is 3.56. The molecule has 1 aliphatic carbocycles. The maximum absolute atomic E-state index is 14.2. The lowest BCUT2D eigenvalue weighted by molar-refractivity contribution is -0.390. The Balaban J connectivity index is 3.17. The molecule has 0 amide bonds. The molecule has 0 heterocycles. The summed E-state index contributed by atoms with van der Waals surface area (Å²) < 4.78 is 168. The summed E-state index contributed by atoms with van der Waals surface area (Å²) >= 11 is 0. The van der Waals surface area contributed by atoms with Crippen LogP contribution < -0.4 is 0 Å². The molecule has 27 heavy (non-hydrogen) atoms. The Hall–Kier alpha value is -1.83. The van der Waals surface area contributed by atoms with Gasteiger partial charge in [0.05, 0.1) is 5.57 Å². The van der Waals surface area contributed by atoms with Gasteiger partial charge >= 0.3 is 29.6 Å². The highest BCUT2D eigenvalue weighted by atomic mass is 32.2. The minimum absolute atomic E-state index is 0.388. The Morgan fingerprint density at radius 1 is 0.815 bits per heavy atom. The molecule has 0 saturated carbocycles. The summed E-state index contributed by atoms with van der Waals surface area (Å²) in [6, 6.07) is 3.37. The third kappa shape index (κ3) is 2.56. The molecule has 152 valence electrons. The van der Waals surface area contributed by atoms with Crippen LogP contribution in [-0.2, 0) is 10.1 Å². The van der Waals surface area contributed by atoms with Crippen LogP contribution in [0.15, 0.2) is 35.2 Å². The highest BCUT2D eigenvalue weighted by Gasteiger charge is 2.93. The number of hydrogen-bond acceptors (Lipinski definition) is 2. The van der Waals surface area contributed by atoms with Crippen molar-refractivity contribution in [2.45, 2.75) is 29.6 Å². The predicted octanol–water partition coefficient (Wildman–Crippen LogP) is 4.48. The van der Waals surface area contributed by atoms with Crippen LogP contribution in [0.1, 0.15) is 5.56 Å². The third-order valence-corrected chi connectivity index (χ3v) is 4.77. The van der Waals surface area contributed by atoms with Crippen LogP contribution in [0.2, 0.25) is 0 Å². The van der Waals surface area contributed by atoms with Gasteiger partial charge in [-0.2, -0.15) is 47.9 Å². The monoisotopic (exact) mass is 432 g/mol. The van der Waals surface area contributed by atoms with E-state index in [9.17, 15) is 52.3 Å². The average molecular weight is 432 g/mol. The van der Waals surface area contributed by atoms with Gasteiger partial charge in [-0.1, -0.05) is 30.3 Å². The number of rotatable bonds is 2. The van der Waals surface area contributed by atoms with Gasteiger partial charge in [-0.3, -0.25) is 4.55 Å². The Kier molecular flexibility index (Phi) is 4.45. The standard InChI is InChI=1S/C13H6F10O3S/c14-9(15)7(6-4-2-1-3-5-6)8(27(24,25)26)10(16,17)11(18,12(9,19)20)13(21,22)23/h1-5H,(H,24,25,26). The highest BCUT2D eigenvalue weighted by molar-refractivity contribution is 7.90. The average Bonchev–Trinajstić information content (AvgIpc) is 2.48. The van der Waals surface area contributed by atoms with Gasteiger partial charge in [0, 0.05) is 0 Å². The molecule has 1 atom stereocenters. The van der Waals surface area contributed by atoms with Crippen LogP contribution in [0.4, 0.5) is 43.9 Å². The van der Waals surface area contributed by atoms with Crippen molar-refractivity contribution in [3.05, 3.63) is 40.8 Å². The summed E-state index contributed by atoms with van der Waals surface area (Å²) in [6.45, 7) is 0. The molecule has 0 bridgehead atoms. The quantitative estimate of drug-likeness (QED) is 0.554. The molecule has 3 nitrogen and oxygen atoms in total. The summed E-state index contributed by atoms with van der Waals surface area (Å²) in [4.78, 5) is -3.50. The van der Waals surface area contributed by atoms with Gasteiger partial charge in [0.15, 0.2) is 4.91 Å². The molecule has 0 radical (unpaired) electrons. The van der Waals surface area contributed by atoms with E-state index in [1.807, 2.05) is 0 Å². The van der Waals surface area contributed by atoms with Gasteiger partial charge in [0.1, 0.15) is 0 Å². The van der Waals surface area contributed by atoms with E-state index in [2.05, 4.69) is 0 Å². The molecule has 1 N–H and O–H groups in total. The minimum atomic E-state index is -7.35. The lowest BCUT2D eigenvalue weighted by atomic mass is 9.75. The molecule has 1 unspecified atom stereocenters. The van der Waals surface area contributed by atoms with E-state index in [1.54, 1.807) is 0 Å². The number of hydrogen-bond donors (Lipinski definition) is 1. The fourth-order valence-electron chi connectivity index (χ4n) is 2.59. The van der Waals surface area contributed by atoms with Crippen LogP contribution in [0.3, 0.4) is 0 Å². The maximum Gasteiger partial charge on any atom is 0.435 e. The van der Waals surface area contributed by atoms with Gasteiger partial charge in [-0.25, -0.2) is 4.39 Å². The second-order valence-corrected chi connectivity index (χ2v) is 6.78. The van der Waals surface area contributed by atoms with Crippen molar-refractivity contribution in [2.75, 3.05) is 0 Å². The molecular weight excluding hydrogens is 426 g/mol. The smallest absolute Gasteiger partial charge is 0.282 e. The Labute approximate surface area is 144 Å². The zero-order valence-electron chi connectivity index (χ0n) is 12.3. The molecule has 0 spiro atoms. The van der Waals surface area contributed by atoms with Gasteiger partial charge < -0.3 is 0 Å².